The number of allylic oxidation sites excluding steroid dienone is 2. The summed E-state index contributed by atoms with van der Waals surface area (Å²) < 4.78 is 1.55. The van der Waals surface area contributed by atoms with E-state index in [1.807, 2.05) is 0 Å². The summed E-state index contributed by atoms with van der Waals surface area (Å²) in [6.45, 7) is 21.4. The molecule has 0 saturated carbocycles. The van der Waals surface area contributed by atoms with E-state index < -0.39 is 0 Å². The van der Waals surface area contributed by atoms with Crippen molar-refractivity contribution in [3.8, 4) is 0 Å². The van der Waals surface area contributed by atoms with Gasteiger partial charge in [-0.2, -0.15) is 12.8 Å². The quantitative estimate of drug-likeness (QED) is 0.0273. The molecule has 1 aliphatic rings. The molecule has 0 aromatic heterocycles. The van der Waals surface area contributed by atoms with Crippen LogP contribution in [0.4, 0.5) is 0 Å². The molecule has 2 nitrogen and oxygen atoms in total. The van der Waals surface area contributed by atoms with Crippen molar-refractivity contribution >= 4 is 11.4 Å². The molecule has 0 saturated heterocycles. The van der Waals surface area contributed by atoms with Gasteiger partial charge in [-0.3, -0.25) is 0 Å². The first kappa shape index (κ1) is 86.0. The molecule has 512 valence electrons. The first-order valence-corrected chi connectivity index (χ1v) is 39.7. The molecule has 0 atom stereocenters. The average Bonchev–Trinajstić information content (AvgIpc) is 2.79. The molecule has 2 aromatic rings. The Hall–Kier alpha value is -1.99. The summed E-state index contributed by atoms with van der Waals surface area (Å²) >= 11 is 0. The maximum atomic E-state index is 11.8. The molecular formula is C85H152N2Ni. The number of benzene rings is 2. The van der Waals surface area contributed by atoms with Gasteiger partial charge in [0, 0.05) is 22.3 Å². The molecular weight excluding hydrogens is 1110 g/mol. The van der Waals surface area contributed by atoms with Crippen LogP contribution in [-0.2, 0) is 29.3 Å². The summed E-state index contributed by atoms with van der Waals surface area (Å²) in [7, 11) is 0. The minimum atomic E-state index is 0. The topological polar surface area (TPSA) is 25.3 Å². The minimum absolute atomic E-state index is 0. The zero-order chi connectivity index (χ0) is 63.0. The summed E-state index contributed by atoms with van der Waals surface area (Å²) in [5.74, 6) is 0. The number of aryl methyl sites for hydroxylation is 2. The summed E-state index contributed by atoms with van der Waals surface area (Å²) in [5.41, 5.74) is 21.6. The van der Waals surface area contributed by atoms with Crippen LogP contribution in [0.25, 0.3) is 16.9 Å². The number of hydrogen-bond acceptors (Lipinski definition) is 0. The van der Waals surface area contributed by atoms with Gasteiger partial charge in [0.15, 0.2) is 0 Å². The molecule has 1 aliphatic heterocycles. The van der Waals surface area contributed by atoms with Gasteiger partial charge in [-0.05, 0) is 86.8 Å². The van der Waals surface area contributed by atoms with Gasteiger partial charge in [-0.25, -0.2) is 4.70 Å². The van der Waals surface area contributed by atoms with Crippen LogP contribution in [-0.4, -0.2) is 4.70 Å². The van der Waals surface area contributed by atoms with Crippen molar-refractivity contribution < 1.29 is 21.2 Å². The van der Waals surface area contributed by atoms with Crippen molar-refractivity contribution in [2.75, 3.05) is 0 Å². The van der Waals surface area contributed by atoms with E-state index in [-0.39, 0.29) is 16.5 Å². The van der Waals surface area contributed by atoms with E-state index in [9.17, 15) is 5.53 Å². The molecule has 1 heterocycles. The van der Waals surface area contributed by atoms with Gasteiger partial charge in [0.1, 0.15) is 0 Å². The van der Waals surface area contributed by atoms with Gasteiger partial charge in [0.2, 0.25) is 11.4 Å². The normalized spacial score (nSPS) is 12.2. The Morgan fingerprint density at radius 1 is 0.261 bits per heavy atom. The van der Waals surface area contributed by atoms with Gasteiger partial charge >= 0.3 is 16.5 Å². The van der Waals surface area contributed by atoms with Crippen LogP contribution in [0.5, 0.6) is 0 Å². The smallest absolute Gasteiger partial charge is 0.493 e. The number of hydrogen-bond donors (Lipinski definition) is 0. The summed E-state index contributed by atoms with van der Waals surface area (Å²) in [4.78, 5) is 0. The molecule has 2 aromatic carbocycles. The number of nitrogens with zero attached hydrogens (tertiary/aromatic N) is 2. The molecule has 3 heteroatoms. The molecule has 0 aliphatic carbocycles. The summed E-state index contributed by atoms with van der Waals surface area (Å²) in [6, 6.07) is 17.8. The second-order valence-electron chi connectivity index (χ2n) is 27.4. The fourth-order valence-corrected chi connectivity index (χ4v) is 13.1. The molecule has 3 rings (SSSR count). The van der Waals surface area contributed by atoms with Gasteiger partial charge in [-0.15, -0.1) is 0 Å². The maximum Gasteiger partial charge on any atom is 2.00 e. The zero-order valence-electron chi connectivity index (χ0n) is 60.4. The number of unbranched alkanes of at least 4 members (excludes halogenated alkanes) is 51. The summed E-state index contributed by atoms with van der Waals surface area (Å²) in [6.07, 6.45) is 84.5. The van der Waals surface area contributed by atoms with E-state index in [1.54, 1.807) is 4.70 Å². The van der Waals surface area contributed by atoms with Crippen molar-refractivity contribution in [1.29, 1.82) is 0 Å². The Morgan fingerprint density at radius 3 is 0.705 bits per heavy atom. The molecule has 0 bridgehead atoms. The van der Waals surface area contributed by atoms with Crippen LogP contribution < -0.4 is 0 Å². The van der Waals surface area contributed by atoms with E-state index in [0.29, 0.717) is 0 Å². The zero-order valence-corrected chi connectivity index (χ0v) is 61.4. The van der Waals surface area contributed by atoms with Crippen LogP contribution in [0.2, 0.25) is 0 Å². The van der Waals surface area contributed by atoms with Gasteiger partial charge in [0.05, 0.1) is 0 Å². The van der Waals surface area contributed by atoms with Crippen molar-refractivity contribution in [1.82, 2.24) is 0 Å². The molecule has 0 radical (unpaired) electrons. The van der Waals surface area contributed by atoms with Crippen molar-refractivity contribution in [2.45, 2.75) is 433 Å². The minimum Gasteiger partial charge on any atom is -0.493 e. The van der Waals surface area contributed by atoms with E-state index in [0.717, 1.165) is 80.3 Å². The van der Waals surface area contributed by atoms with Crippen LogP contribution in [0, 0.1) is 13.8 Å². The van der Waals surface area contributed by atoms with Crippen LogP contribution >= 0.6 is 0 Å². The van der Waals surface area contributed by atoms with Crippen molar-refractivity contribution in [2.24, 2.45) is 0 Å². The molecule has 0 spiro atoms. The van der Waals surface area contributed by atoms with Crippen LogP contribution in [0.15, 0.2) is 59.7 Å². The Balaban J connectivity index is 0.00000131. The molecule has 0 N–H and O–H groups in total. The fourth-order valence-electron chi connectivity index (χ4n) is 13.1. The van der Waals surface area contributed by atoms with Gasteiger partial charge in [-0.1, -0.05) is 393 Å². The largest absolute Gasteiger partial charge is 2.00 e. The Kier molecular flexibility index (Phi) is 66.4. The monoisotopic (exact) mass is 1260 g/mol. The SMILES string of the molecule is CCCCCC1=C(c2cccc(CCCC)c2)[N+](=[N-])C(c2cccc(CCCC)c2)=C1CCCC.[CH2-]CCCCCCCCCCCCCCCCCCCCCCCCC.[CH2-]CCCCCCCCCCCCCCCCCCCCCCCCC.[Ni+2]. The second kappa shape index (κ2) is 67.9. The first-order valence-electron chi connectivity index (χ1n) is 39.7. The Labute approximate surface area is 563 Å². The third-order valence-corrected chi connectivity index (χ3v) is 18.9. The predicted octanol–water partition coefficient (Wildman–Crippen LogP) is 30.7. The van der Waals surface area contributed by atoms with Crippen molar-refractivity contribution in [3.63, 3.8) is 0 Å². The number of rotatable bonds is 61. The average molecular weight is 1260 g/mol. The molecule has 0 amide bonds. The second-order valence-corrected chi connectivity index (χ2v) is 27.4. The van der Waals surface area contributed by atoms with E-state index in [2.05, 4.69) is 104 Å². The molecule has 88 heavy (non-hydrogen) atoms. The van der Waals surface area contributed by atoms with E-state index in [4.69, 9.17) is 0 Å². The van der Waals surface area contributed by atoms with Gasteiger partial charge < -0.3 is 19.4 Å². The summed E-state index contributed by atoms with van der Waals surface area (Å²) in [5, 5.41) is 0. The van der Waals surface area contributed by atoms with Gasteiger partial charge in [0.25, 0.3) is 0 Å². The van der Waals surface area contributed by atoms with Crippen LogP contribution in [0.1, 0.15) is 443 Å². The Morgan fingerprint density at radius 2 is 0.466 bits per heavy atom. The van der Waals surface area contributed by atoms with Crippen molar-refractivity contribution in [3.05, 3.63) is 101 Å². The molecule has 0 unspecified atom stereocenters. The standard InChI is InChI=1S/C33H46N2.2C26H53.Ni/c1-5-9-13-23-31-30(22-12-8-4)32(28-20-14-18-26(24-28)16-10-6-2)35(34)33(31)29-21-15-19-27(25-29)17-11-7-3;2*1-3-5-7-9-11-13-15-17-19-21-23-25-26-24-22-20-18-16-14-12-10-8-6-4-2;/h14-15,18-21,24-25H,5-13,16-17,22-23H2,1-4H3;2*1,3-26H2,2H3;/q;2*-1;+2. The molecule has 0 fully saturated rings. The third kappa shape index (κ3) is 48.7. The third-order valence-electron chi connectivity index (χ3n) is 18.9. The first-order chi connectivity index (χ1) is 43.0. The maximum absolute atomic E-state index is 11.8. The predicted molar refractivity (Wildman–Crippen MR) is 395 cm³/mol. The van der Waals surface area contributed by atoms with Crippen LogP contribution in [0.3, 0.4) is 0 Å². The fraction of sp³-hybridized carbons (Fsp3) is 0.788. The van der Waals surface area contributed by atoms with E-state index in [1.165, 1.54) is 356 Å². The Bertz CT molecular complexity index is 1740. The van der Waals surface area contributed by atoms with E-state index >= 15 is 0 Å².